The van der Waals surface area contributed by atoms with E-state index in [0.717, 1.165) is 0 Å². The van der Waals surface area contributed by atoms with Gasteiger partial charge in [0.25, 0.3) is 0 Å². The summed E-state index contributed by atoms with van der Waals surface area (Å²) in [5.74, 6) is 0.646. The van der Waals surface area contributed by atoms with Crippen LogP contribution in [0.1, 0.15) is 26.7 Å². The van der Waals surface area contributed by atoms with E-state index in [-0.39, 0.29) is 0 Å². The maximum absolute atomic E-state index is 5.79. The van der Waals surface area contributed by atoms with Gasteiger partial charge in [0.05, 0.1) is 0 Å². The lowest BCUT2D eigenvalue weighted by Crippen LogP contribution is -2.34. The summed E-state index contributed by atoms with van der Waals surface area (Å²) < 4.78 is 0. The van der Waals surface area contributed by atoms with Crippen LogP contribution in [0.25, 0.3) is 0 Å². The average molecular weight is 156 g/mol. The molecule has 66 valence electrons. The van der Waals surface area contributed by atoms with E-state index in [9.17, 15) is 0 Å². The molecule has 2 heteroatoms. The highest BCUT2D eigenvalue weighted by Crippen LogP contribution is 2.11. The van der Waals surface area contributed by atoms with Crippen LogP contribution in [-0.2, 0) is 0 Å². The van der Waals surface area contributed by atoms with E-state index in [0.29, 0.717) is 12.0 Å². The van der Waals surface area contributed by atoms with E-state index in [1.807, 2.05) is 0 Å². The van der Waals surface area contributed by atoms with Crippen LogP contribution in [0.4, 0.5) is 0 Å². The number of nitrogens with two attached hydrogens (primary N) is 1. The molecule has 0 spiro atoms. The molecule has 1 aliphatic rings. The van der Waals surface area contributed by atoms with Crippen LogP contribution < -0.4 is 5.73 Å². The molecule has 1 fully saturated rings. The largest absolute Gasteiger partial charge is 0.328 e. The summed E-state index contributed by atoms with van der Waals surface area (Å²) in [4.78, 5) is 2.52. The van der Waals surface area contributed by atoms with Crippen LogP contribution in [0.2, 0.25) is 0 Å². The van der Waals surface area contributed by atoms with Crippen LogP contribution in [-0.4, -0.2) is 30.6 Å². The molecule has 0 saturated carbocycles. The Morgan fingerprint density at radius 3 is 2.27 bits per heavy atom. The third-order valence-corrected chi connectivity index (χ3v) is 2.64. The molecular formula is C9H20N2. The highest BCUT2D eigenvalue weighted by atomic mass is 15.1. The predicted octanol–water partition coefficient (Wildman–Crippen LogP) is 1.07. The summed E-state index contributed by atoms with van der Waals surface area (Å²) in [6.45, 7) is 8.11. The van der Waals surface area contributed by atoms with Crippen molar-refractivity contribution in [2.45, 2.75) is 32.7 Å². The lowest BCUT2D eigenvalue weighted by atomic mass is 10.0. The van der Waals surface area contributed by atoms with Crippen molar-refractivity contribution < 1.29 is 0 Å². The van der Waals surface area contributed by atoms with Gasteiger partial charge < -0.3 is 10.6 Å². The van der Waals surface area contributed by atoms with E-state index >= 15 is 0 Å². The molecule has 0 amide bonds. The number of hydrogen-bond donors (Lipinski definition) is 1. The number of hydrogen-bond acceptors (Lipinski definition) is 2. The Bertz CT molecular complexity index is 106. The van der Waals surface area contributed by atoms with Crippen LogP contribution >= 0.6 is 0 Å². The Kier molecular flexibility index (Phi) is 3.34. The maximum atomic E-state index is 5.79. The van der Waals surface area contributed by atoms with Crippen molar-refractivity contribution in [2.75, 3.05) is 19.6 Å². The SMILES string of the molecule is CC(N)C(C)CN1CCCC1. The average Bonchev–Trinajstić information content (AvgIpc) is 2.39. The van der Waals surface area contributed by atoms with Gasteiger partial charge in [-0.05, 0) is 38.8 Å². The summed E-state index contributed by atoms with van der Waals surface area (Å²) in [7, 11) is 0. The predicted molar refractivity (Wildman–Crippen MR) is 48.5 cm³/mol. The minimum absolute atomic E-state index is 0.343. The zero-order chi connectivity index (χ0) is 8.27. The topological polar surface area (TPSA) is 29.3 Å². The fraction of sp³-hybridized carbons (Fsp3) is 1.00. The molecule has 0 bridgehead atoms. The Morgan fingerprint density at radius 2 is 1.82 bits per heavy atom. The van der Waals surface area contributed by atoms with Crippen LogP contribution in [0.3, 0.4) is 0 Å². The van der Waals surface area contributed by atoms with Crippen LogP contribution in [0.15, 0.2) is 0 Å². The van der Waals surface area contributed by atoms with E-state index in [1.165, 1.54) is 32.5 Å². The van der Waals surface area contributed by atoms with Gasteiger partial charge in [-0.15, -0.1) is 0 Å². The van der Waals surface area contributed by atoms with Crippen LogP contribution in [0, 0.1) is 5.92 Å². The van der Waals surface area contributed by atoms with Crippen molar-refractivity contribution in [1.82, 2.24) is 4.90 Å². The minimum atomic E-state index is 0.343. The zero-order valence-corrected chi connectivity index (χ0v) is 7.71. The van der Waals surface area contributed by atoms with E-state index in [1.54, 1.807) is 0 Å². The van der Waals surface area contributed by atoms with Gasteiger partial charge in [0, 0.05) is 12.6 Å². The fourth-order valence-electron chi connectivity index (χ4n) is 1.54. The Hall–Kier alpha value is -0.0800. The monoisotopic (exact) mass is 156 g/mol. The van der Waals surface area contributed by atoms with Gasteiger partial charge in [0.1, 0.15) is 0 Å². The van der Waals surface area contributed by atoms with E-state index in [2.05, 4.69) is 18.7 Å². The van der Waals surface area contributed by atoms with Gasteiger partial charge in [0.2, 0.25) is 0 Å². The normalized spacial score (nSPS) is 25.4. The minimum Gasteiger partial charge on any atom is -0.328 e. The van der Waals surface area contributed by atoms with Crippen LogP contribution in [0.5, 0.6) is 0 Å². The molecule has 0 radical (unpaired) electrons. The quantitative estimate of drug-likeness (QED) is 0.662. The first kappa shape index (κ1) is 9.01. The van der Waals surface area contributed by atoms with Gasteiger partial charge in [0.15, 0.2) is 0 Å². The lowest BCUT2D eigenvalue weighted by Gasteiger charge is -2.22. The standard InChI is InChI=1S/C9H20N2/c1-8(9(2)10)7-11-5-3-4-6-11/h8-9H,3-7,10H2,1-2H3. The molecule has 2 atom stereocenters. The molecular weight excluding hydrogens is 136 g/mol. The van der Waals surface area contributed by atoms with E-state index in [4.69, 9.17) is 5.73 Å². The third-order valence-electron chi connectivity index (χ3n) is 2.64. The summed E-state index contributed by atoms with van der Waals surface area (Å²) in [6.07, 6.45) is 2.76. The fourth-order valence-corrected chi connectivity index (χ4v) is 1.54. The zero-order valence-electron chi connectivity index (χ0n) is 7.71. The van der Waals surface area contributed by atoms with Gasteiger partial charge >= 0.3 is 0 Å². The molecule has 0 aromatic rings. The molecule has 11 heavy (non-hydrogen) atoms. The number of nitrogens with zero attached hydrogens (tertiary/aromatic N) is 1. The highest BCUT2D eigenvalue weighted by molar-refractivity contribution is 4.72. The molecule has 0 aliphatic carbocycles. The van der Waals surface area contributed by atoms with Gasteiger partial charge in [-0.2, -0.15) is 0 Å². The summed E-state index contributed by atoms with van der Waals surface area (Å²) in [5, 5.41) is 0. The van der Waals surface area contributed by atoms with Crippen molar-refractivity contribution in [2.24, 2.45) is 11.7 Å². The van der Waals surface area contributed by atoms with Gasteiger partial charge in [-0.1, -0.05) is 6.92 Å². The first-order valence-electron chi connectivity index (χ1n) is 4.68. The first-order valence-corrected chi connectivity index (χ1v) is 4.68. The first-order chi connectivity index (χ1) is 5.20. The maximum Gasteiger partial charge on any atom is 0.00483 e. The number of rotatable bonds is 3. The van der Waals surface area contributed by atoms with Crippen molar-refractivity contribution in [3.05, 3.63) is 0 Å². The highest BCUT2D eigenvalue weighted by Gasteiger charge is 2.16. The second-order valence-corrected chi connectivity index (χ2v) is 3.84. The Labute approximate surface area is 69.8 Å². The smallest absolute Gasteiger partial charge is 0.00483 e. The molecule has 0 aromatic heterocycles. The molecule has 2 N–H and O–H groups in total. The molecule has 1 saturated heterocycles. The molecule has 1 rings (SSSR count). The van der Waals surface area contributed by atoms with Gasteiger partial charge in [-0.25, -0.2) is 0 Å². The Morgan fingerprint density at radius 1 is 1.27 bits per heavy atom. The summed E-state index contributed by atoms with van der Waals surface area (Å²) in [6, 6.07) is 0.343. The van der Waals surface area contributed by atoms with E-state index < -0.39 is 0 Å². The molecule has 1 aliphatic heterocycles. The molecule has 0 aromatic carbocycles. The molecule has 2 nitrogen and oxygen atoms in total. The van der Waals surface area contributed by atoms with Crippen molar-refractivity contribution >= 4 is 0 Å². The Balaban J connectivity index is 2.18. The van der Waals surface area contributed by atoms with Crippen molar-refractivity contribution in [3.8, 4) is 0 Å². The molecule has 1 heterocycles. The summed E-state index contributed by atoms with van der Waals surface area (Å²) >= 11 is 0. The lowest BCUT2D eigenvalue weighted by molar-refractivity contribution is 0.270. The van der Waals surface area contributed by atoms with Crippen molar-refractivity contribution in [1.29, 1.82) is 0 Å². The third kappa shape index (κ3) is 2.80. The molecule has 2 unspecified atom stereocenters. The van der Waals surface area contributed by atoms with Gasteiger partial charge in [-0.3, -0.25) is 0 Å². The van der Waals surface area contributed by atoms with Crippen molar-refractivity contribution in [3.63, 3.8) is 0 Å². The number of likely N-dealkylation sites (tertiary alicyclic amines) is 1. The second-order valence-electron chi connectivity index (χ2n) is 3.84. The summed E-state index contributed by atoms with van der Waals surface area (Å²) in [5.41, 5.74) is 5.79. The second kappa shape index (κ2) is 4.07.